The second-order valence-corrected chi connectivity index (χ2v) is 9.80. The van der Waals surface area contributed by atoms with E-state index in [4.69, 9.17) is 30.5 Å². The Morgan fingerprint density at radius 1 is 1.07 bits per heavy atom. The van der Waals surface area contributed by atoms with Gasteiger partial charge in [-0.3, -0.25) is 5.43 Å². The SMILES string of the molecule is CCOc1cc([C@H]2NC(=O)NC(C)=C2C(=O)OC)ccc1OC[C@@H](O)N/N=C/c1ccccc1OCc1ccc(Cl)cc1. The van der Waals surface area contributed by atoms with Crippen molar-refractivity contribution in [2.75, 3.05) is 20.3 Å². The normalized spacial score (nSPS) is 15.4. The number of aliphatic hydroxyl groups excluding tert-OH is 1. The van der Waals surface area contributed by atoms with Gasteiger partial charge in [0.25, 0.3) is 0 Å². The maximum atomic E-state index is 12.4. The molecule has 226 valence electrons. The fraction of sp³-hybridized carbons (Fsp3) is 0.258. The summed E-state index contributed by atoms with van der Waals surface area (Å²) in [6.07, 6.45) is 0.399. The van der Waals surface area contributed by atoms with Crippen LogP contribution in [0.25, 0.3) is 0 Å². The first-order chi connectivity index (χ1) is 20.8. The number of ether oxygens (including phenoxy) is 4. The summed E-state index contributed by atoms with van der Waals surface area (Å²) in [6.45, 7) is 3.98. The van der Waals surface area contributed by atoms with Crippen LogP contribution in [0.5, 0.6) is 17.2 Å². The van der Waals surface area contributed by atoms with Gasteiger partial charge in [0.05, 0.1) is 31.5 Å². The van der Waals surface area contributed by atoms with Crippen LogP contribution in [0.4, 0.5) is 4.79 Å². The second-order valence-electron chi connectivity index (χ2n) is 9.37. The van der Waals surface area contributed by atoms with E-state index in [9.17, 15) is 14.7 Å². The van der Waals surface area contributed by atoms with Gasteiger partial charge in [0, 0.05) is 16.3 Å². The van der Waals surface area contributed by atoms with E-state index in [1.54, 1.807) is 43.5 Å². The van der Waals surface area contributed by atoms with E-state index in [0.717, 1.165) is 5.56 Å². The van der Waals surface area contributed by atoms with Crippen molar-refractivity contribution >= 4 is 29.8 Å². The zero-order valence-electron chi connectivity index (χ0n) is 23.9. The minimum atomic E-state index is -1.15. The van der Waals surface area contributed by atoms with Crippen LogP contribution in [-0.2, 0) is 16.1 Å². The number of nitrogens with zero attached hydrogens (tertiary/aromatic N) is 1. The third kappa shape index (κ3) is 8.40. The lowest BCUT2D eigenvalue weighted by molar-refractivity contribution is -0.136. The Hall–Kier alpha value is -4.74. The Morgan fingerprint density at radius 2 is 1.84 bits per heavy atom. The van der Waals surface area contributed by atoms with Crippen molar-refractivity contribution in [1.82, 2.24) is 16.1 Å². The number of aliphatic hydroxyl groups is 1. The van der Waals surface area contributed by atoms with Crippen LogP contribution >= 0.6 is 11.6 Å². The number of urea groups is 1. The van der Waals surface area contributed by atoms with Gasteiger partial charge < -0.3 is 34.7 Å². The number of nitrogens with one attached hydrogen (secondary N) is 3. The van der Waals surface area contributed by atoms with Gasteiger partial charge in [0.1, 0.15) is 19.0 Å². The zero-order chi connectivity index (χ0) is 30.8. The topological polar surface area (TPSA) is 140 Å². The van der Waals surface area contributed by atoms with Crippen LogP contribution in [0.3, 0.4) is 0 Å². The van der Waals surface area contributed by atoms with E-state index < -0.39 is 24.3 Å². The molecule has 0 radical (unpaired) electrons. The lowest BCUT2D eigenvalue weighted by atomic mass is 9.95. The molecule has 11 nitrogen and oxygen atoms in total. The summed E-state index contributed by atoms with van der Waals surface area (Å²) in [5.74, 6) is 0.786. The molecule has 0 fully saturated rings. The molecule has 0 saturated carbocycles. The number of hydrogen-bond donors (Lipinski definition) is 4. The number of amides is 2. The fourth-order valence-electron chi connectivity index (χ4n) is 4.28. The first kappa shape index (κ1) is 31.2. The Kier molecular flexibility index (Phi) is 10.8. The third-order valence-corrected chi connectivity index (χ3v) is 6.58. The molecule has 0 bridgehead atoms. The standard InChI is InChI=1S/C31H33ClN4O7/c1-4-41-26-15-21(29-28(30(38)40-3)19(2)34-31(39)35-29)11-14-25(26)43-18-27(37)36-33-16-22-7-5-6-8-24(22)42-17-20-9-12-23(32)13-10-20/h5-16,27,29,36-37H,4,17-18H2,1-3H3,(H2,34,35,39)/b33-16+/t27-,29-/m1/s1. The van der Waals surface area contributed by atoms with Gasteiger partial charge in [-0.05, 0) is 61.4 Å². The van der Waals surface area contributed by atoms with Crippen LogP contribution in [0, 0.1) is 0 Å². The largest absolute Gasteiger partial charge is 0.490 e. The van der Waals surface area contributed by atoms with Gasteiger partial charge in [-0.15, -0.1) is 0 Å². The predicted octanol–water partition coefficient (Wildman–Crippen LogP) is 4.44. The number of carbonyl (C=O) groups excluding carboxylic acids is 2. The summed E-state index contributed by atoms with van der Waals surface area (Å²) >= 11 is 5.95. The predicted molar refractivity (Wildman–Crippen MR) is 161 cm³/mol. The molecule has 1 aliphatic heterocycles. The molecule has 4 N–H and O–H groups in total. The lowest BCUT2D eigenvalue weighted by Crippen LogP contribution is -2.45. The van der Waals surface area contributed by atoms with Gasteiger partial charge in [-0.2, -0.15) is 5.10 Å². The van der Waals surface area contributed by atoms with E-state index >= 15 is 0 Å². The molecule has 3 aromatic rings. The van der Waals surface area contributed by atoms with Crippen molar-refractivity contribution in [3.05, 3.63) is 99.7 Å². The minimum Gasteiger partial charge on any atom is -0.490 e. The van der Waals surface area contributed by atoms with E-state index in [0.29, 0.717) is 52.3 Å². The fourth-order valence-corrected chi connectivity index (χ4v) is 4.40. The van der Waals surface area contributed by atoms with Crippen molar-refractivity contribution in [2.45, 2.75) is 32.7 Å². The molecule has 3 aromatic carbocycles. The Bertz CT molecular complexity index is 1490. The highest BCUT2D eigenvalue weighted by Gasteiger charge is 2.32. The van der Waals surface area contributed by atoms with E-state index in [1.165, 1.54) is 7.11 Å². The van der Waals surface area contributed by atoms with E-state index in [2.05, 4.69) is 21.2 Å². The van der Waals surface area contributed by atoms with Gasteiger partial charge in [-0.25, -0.2) is 9.59 Å². The third-order valence-electron chi connectivity index (χ3n) is 6.33. The first-order valence-corrected chi connectivity index (χ1v) is 13.9. The molecular formula is C31H33ClN4O7. The molecule has 12 heteroatoms. The summed E-state index contributed by atoms with van der Waals surface area (Å²) < 4.78 is 22.4. The van der Waals surface area contributed by atoms with Crippen LogP contribution in [0.2, 0.25) is 5.02 Å². The summed E-state index contributed by atoms with van der Waals surface area (Å²) in [6, 6.07) is 18.6. The van der Waals surface area contributed by atoms with Gasteiger partial charge in [-0.1, -0.05) is 41.9 Å². The molecule has 43 heavy (non-hydrogen) atoms. The minimum absolute atomic E-state index is 0.151. The molecule has 2 amide bonds. The lowest BCUT2D eigenvalue weighted by Gasteiger charge is -2.28. The highest BCUT2D eigenvalue weighted by molar-refractivity contribution is 6.30. The molecule has 1 aliphatic rings. The molecule has 0 unspecified atom stereocenters. The van der Waals surface area contributed by atoms with Crippen LogP contribution < -0.4 is 30.3 Å². The maximum Gasteiger partial charge on any atom is 0.337 e. The average Bonchev–Trinajstić information content (AvgIpc) is 3.00. The smallest absolute Gasteiger partial charge is 0.337 e. The van der Waals surface area contributed by atoms with Gasteiger partial charge in [0.15, 0.2) is 17.7 Å². The number of hydrogen-bond acceptors (Lipinski definition) is 9. The number of rotatable bonds is 13. The Balaban J connectivity index is 1.38. The highest BCUT2D eigenvalue weighted by Crippen LogP contribution is 2.35. The quantitative estimate of drug-likeness (QED) is 0.0967. The molecule has 0 spiro atoms. The summed E-state index contributed by atoms with van der Waals surface area (Å²) in [5, 5.41) is 20.6. The van der Waals surface area contributed by atoms with E-state index in [1.807, 2.05) is 43.3 Å². The molecule has 4 rings (SSSR count). The van der Waals surface area contributed by atoms with E-state index in [-0.39, 0.29) is 12.2 Å². The number of carbonyl (C=O) groups is 2. The van der Waals surface area contributed by atoms with Crippen molar-refractivity contribution in [3.63, 3.8) is 0 Å². The molecule has 0 aromatic heterocycles. The molecular weight excluding hydrogens is 576 g/mol. The maximum absolute atomic E-state index is 12.4. The number of benzene rings is 3. The van der Waals surface area contributed by atoms with Crippen molar-refractivity contribution in [1.29, 1.82) is 0 Å². The number of methoxy groups -OCH3 is 1. The summed E-state index contributed by atoms with van der Waals surface area (Å²) in [4.78, 5) is 24.6. The second kappa shape index (κ2) is 14.9. The van der Waals surface area contributed by atoms with Crippen molar-refractivity contribution in [3.8, 4) is 17.2 Å². The molecule has 2 atom stereocenters. The number of allylic oxidation sites excluding steroid dienone is 1. The van der Waals surface area contributed by atoms with Gasteiger partial charge >= 0.3 is 12.0 Å². The van der Waals surface area contributed by atoms with Crippen LogP contribution in [0.1, 0.15) is 36.6 Å². The molecule has 0 saturated heterocycles. The van der Waals surface area contributed by atoms with Crippen molar-refractivity contribution in [2.24, 2.45) is 5.10 Å². The van der Waals surface area contributed by atoms with Gasteiger partial charge in [0.2, 0.25) is 0 Å². The monoisotopic (exact) mass is 608 g/mol. The number of esters is 1. The zero-order valence-corrected chi connectivity index (χ0v) is 24.7. The van der Waals surface area contributed by atoms with Crippen LogP contribution in [0.15, 0.2) is 83.1 Å². The Morgan fingerprint density at radius 3 is 2.58 bits per heavy atom. The molecule has 1 heterocycles. The molecule has 0 aliphatic carbocycles. The number of halogens is 1. The van der Waals surface area contributed by atoms with Crippen molar-refractivity contribution < 1.29 is 33.6 Å². The Labute approximate surface area is 254 Å². The summed E-state index contributed by atoms with van der Waals surface area (Å²) in [7, 11) is 1.28. The average molecular weight is 609 g/mol. The number of para-hydroxylation sites is 1. The summed E-state index contributed by atoms with van der Waals surface area (Å²) in [5.41, 5.74) is 5.57. The number of hydrazone groups is 1. The highest BCUT2D eigenvalue weighted by atomic mass is 35.5. The van der Waals surface area contributed by atoms with Crippen LogP contribution in [-0.4, -0.2) is 49.9 Å². The first-order valence-electron chi connectivity index (χ1n) is 13.5.